The minimum absolute atomic E-state index is 0.00324. The molecule has 0 fully saturated rings. The van der Waals surface area contributed by atoms with Crippen LogP contribution >= 0.6 is 0 Å². The van der Waals surface area contributed by atoms with Gasteiger partial charge in [0.2, 0.25) is 0 Å². The Morgan fingerprint density at radius 3 is 2.13 bits per heavy atom. The Kier molecular flexibility index (Phi) is 7.05. The van der Waals surface area contributed by atoms with Gasteiger partial charge in [-0.25, -0.2) is 4.79 Å². The maximum Gasteiger partial charge on any atom is 0.387 e. The van der Waals surface area contributed by atoms with Crippen LogP contribution in [0, 0.1) is 0 Å². The van der Waals surface area contributed by atoms with Gasteiger partial charge < -0.3 is 14.8 Å². The van der Waals surface area contributed by atoms with Gasteiger partial charge in [-0.05, 0) is 18.2 Å². The fourth-order valence-electron chi connectivity index (χ4n) is 2.77. The Hall–Kier alpha value is -4.07. The van der Waals surface area contributed by atoms with Gasteiger partial charge in [0.25, 0.3) is 5.91 Å². The molecule has 0 saturated carbocycles. The molecule has 0 atom stereocenters. The standard InChI is InChI=1S/C23H17F2NO5/c24-23(25)31-19-13-7-6-12-18(19)26-20(27)14-30-22(29)17-11-5-4-10-16(17)21(28)15-8-2-1-3-9-15/h1-13,23H,14H2,(H,26,27). The molecule has 1 amide bonds. The zero-order valence-corrected chi connectivity index (χ0v) is 16.1. The Balaban J connectivity index is 1.67. The number of ketones is 1. The fraction of sp³-hybridized carbons (Fsp3) is 0.0870. The van der Waals surface area contributed by atoms with Gasteiger partial charge in [0.1, 0.15) is 5.75 Å². The summed E-state index contributed by atoms with van der Waals surface area (Å²) >= 11 is 0. The number of nitrogens with one attached hydrogen (secondary N) is 1. The van der Waals surface area contributed by atoms with Crippen LogP contribution < -0.4 is 10.1 Å². The molecule has 0 aliphatic heterocycles. The van der Waals surface area contributed by atoms with Gasteiger partial charge in [-0.15, -0.1) is 0 Å². The summed E-state index contributed by atoms with van der Waals surface area (Å²) < 4.78 is 34.3. The van der Waals surface area contributed by atoms with E-state index in [-0.39, 0.29) is 28.3 Å². The second-order valence-corrected chi connectivity index (χ2v) is 6.24. The van der Waals surface area contributed by atoms with Crippen LogP contribution in [0.25, 0.3) is 0 Å². The van der Waals surface area contributed by atoms with Crippen molar-refractivity contribution in [2.45, 2.75) is 6.61 Å². The third kappa shape index (κ3) is 5.72. The van der Waals surface area contributed by atoms with E-state index in [1.54, 1.807) is 42.5 Å². The minimum atomic E-state index is -3.06. The predicted molar refractivity (Wildman–Crippen MR) is 108 cm³/mol. The van der Waals surface area contributed by atoms with E-state index in [1.807, 2.05) is 0 Å². The highest BCUT2D eigenvalue weighted by atomic mass is 19.3. The zero-order chi connectivity index (χ0) is 22.2. The third-order valence-corrected chi connectivity index (χ3v) is 4.14. The lowest BCUT2D eigenvalue weighted by atomic mass is 9.98. The van der Waals surface area contributed by atoms with Crippen molar-refractivity contribution in [3.05, 3.63) is 95.6 Å². The summed E-state index contributed by atoms with van der Waals surface area (Å²) in [6.45, 7) is -3.75. The molecular formula is C23H17F2NO5. The summed E-state index contributed by atoms with van der Waals surface area (Å²) in [5.41, 5.74) is 0.542. The number of carbonyl (C=O) groups excluding carboxylic acids is 3. The number of halogens is 2. The van der Waals surface area contributed by atoms with Crippen LogP contribution in [0.3, 0.4) is 0 Å². The summed E-state index contributed by atoms with van der Waals surface area (Å²) in [7, 11) is 0. The van der Waals surface area contributed by atoms with Crippen molar-refractivity contribution in [1.82, 2.24) is 0 Å². The topological polar surface area (TPSA) is 81.7 Å². The number of hydrogen-bond donors (Lipinski definition) is 1. The molecule has 0 radical (unpaired) electrons. The van der Waals surface area contributed by atoms with Crippen molar-refractivity contribution in [3.63, 3.8) is 0 Å². The lowest BCUT2D eigenvalue weighted by molar-refractivity contribution is -0.119. The average molecular weight is 425 g/mol. The molecule has 0 spiro atoms. The number of benzene rings is 3. The molecule has 0 saturated heterocycles. The SMILES string of the molecule is O=C(COC(=O)c1ccccc1C(=O)c1ccccc1)Nc1ccccc1OC(F)F. The minimum Gasteiger partial charge on any atom is -0.452 e. The van der Waals surface area contributed by atoms with Crippen LogP contribution in [0.1, 0.15) is 26.3 Å². The molecule has 8 heteroatoms. The van der Waals surface area contributed by atoms with E-state index in [2.05, 4.69) is 10.1 Å². The number of hydrogen-bond acceptors (Lipinski definition) is 5. The van der Waals surface area contributed by atoms with Crippen LogP contribution in [0.4, 0.5) is 14.5 Å². The first-order chi connectivity index (χ1) is 15.0. The van der Waals surface area contributed by atoms with Crippen molar-refractivity contribution in [3.8, 4) is 5.75 Å². The molecule has 0 heterocycles. The summed E-state index contributed by atoms with van der Waals surface area (Å²) in [6.07, 6.45) is 0. The molecular weight excluding hydrogens is 408 g/mol. The van der Waals surface area contributed by atoms with Crippen LogP contribution in [0.15, 0.2) is 78.9 Å². The molecule has 0 aliphatic rings. The Bertz CT molecular complexity index is 1090. The second kappa shape index (κ2) is 10.1. The molecule has 3 rings (SSSR count). The van der Waals surface area contributed by atoms with E-state index in [0.29, 0.717) is 5.56 Å². The van der Waals surface area contributed by atoms with E-state index < -0.39 is 25.1 Å². The number of para-hydroxylation sites is 2. The maximum atomic E-state index is 12.7. The lowest BCUT2D eigenvalue weighted by Crippen LogP contribution is -2.22. The molecule has 1 N–H and O–H groups in total. The molecule has 0 aromatic heterocycles. The van der Waals surface area contributed by atoms with E-state index in [9.17, 15) is 23.2 Å². The predicted octanol–water partition coefficient (Wildman–Crippen LogP) is 4.31. The maximum absolute atomic E-state index is 12.7. The normalized spacial score (nSPS) is 10.4. The highest BCUT2D eigenvalue weighted by Gasteiger charge is 2.20. The zero-order valence-electron chi connectivity index (χ0n) is 16.1. The smallest absolute Gasteiger partial charge is 0.387 e. The van der Waals surface area contributed by atoms with E-state index in [1.165, 1.54) is 36.4 Å². The first-order valence-corrected chi connectivity index (χ1v) is 9.15. The fourth-order valence-corrected chi connectivity index (χ4v) is 2.77. The second-order valence-electron chi connectivity index (χ2n) is 6.24. The van der Waals surface area contributed by atoms with Gasteiger partial charge in [0.15, 0.2) is 12.4 Å². The summed E-state index contributed by atoms with van der Waals surface area (Å²) in [6, 6.07) is 20.1. The number of carbonyl (C=O) groups is 3. The van der Waals surface area contributed by atoms with Crippen molar-refractivity contribution in [1.29, 1.82) is 0 Å². The molecule has 0 bridgehead atoms. The third-order valence-electron chi connectivity index (χ3n) is 4.14. The number of esters is 1. The molecule has 31 heavy (non-hydrogen) atoms. The summed E-state index contributed by atoms with van der Waals surface area (Å²) in [5.74, 6) is -2.22. The van der Waals surface area contributed by atoms with Crippen LogP contribution in [-0.2, 0) is 9.53 Å². The highest BCUT2D eigenvalue weighted by Crippen LogP contribution is 2.25. The molecule has 158 valence electrons. The van der Waals surface area contributed by atoms with E-state index in [0.717, 1.165) is 0 Å². The monoisotopic (exact) mass is 425 g/mol. The van der Waals surface area contributed by atoms with Crippen molar-refractivity contribution >= 4 is 23.3 Å². The van der Waals surface area contributed by atoms with Crippen LogP contribution in [-0.4, -0.2) is 30.9 Å². The first-order valence-electron chi connectivity index (χ1n) is 9.15. The van der Waals surface area contributed by atoms with Crippen LogP contribution in [0.2, 0.25) is 0 Å². The van der Waals surface area contributed by atoms with Crippen molar-refractivity contribution < 1.29 is 32.6 Å². The summed E-state index contributed by atoms with van der Waals surface area (Å²) in [5, 5.41) is 2.34. The van der Waals surface area contributed by atoms with Gasteiger partial charge in [0.05, 0.1) is 11.3 Å². The van der Waals surface area contributed by atoms with Gasteiger partial charge in [-0.1, -0.05) is 60.7 Å². The molecule has 3 aromatic rings. The molecule has 3 aromatic carbocycles. The van der Waals surface area contributed by atoms with Crippen LogP contribution in [0.5, 0.6) is 5.75 Å². The average Bonchev–Trinajstić information content (AvgIpc) is 2.78. The number of anilines is 1. The summed E-state index contributed by atoms with van der Waals surface area (Å²) in [4.78, 5) is 37.3. The number of rotatable bonds is 8. The quantitative estimate of drug-likeness (QED) is 0.430. The van der Waals surface area contributed by atoms with Gasteiger partial charge >= 0.3 is 12.6 Å². The van der Waals surface area contributed by atoms with Gasteiger partial charge in [0, 0.05) is 11.1 Å². The number of alkyl halides is 2. The Morgan fingerprint density at radius 1 is 0.806 bits per heavy atom. The number of ether oxygens (including phenoxy) is 2. The molecule has 0 aliphatic carbocycles. The molecule has 6 nitrogen and oxygen atoms in total. The lowest BCUT2D eigenvalue weighted by Gasteiger charge is -2.12. The highest BCUT2D eigenvalue weighted by molar-refractivity contribution is 6.14. The largest absolute Gasteiger partial charge is 0.452 e. The first kappa shape index (κ1) is 21.6. The molecule has 0 unspecified atom stereocenters. The van der Waals surface area contributed by atoms with Crippen molar-refractivity contribution in [2.24, 2.45) is 0 Å². The van der Waals surface area contributed by atoms with Gasteiger partial charge in [-0.3, -0.25) is 9.59 Å². The Morgan fingerprint density at radius 2 is 1.42 bits per heavy atom. The van der Waals surface area contributed by atoms with E-state index in [4.69, 9.17) is 4.74 Å². The van der Waals surface area contributed by atoms with Gasteiger partial charge in [-0.2, -0.15) is 8.78 Å². The van der Waals surface area contributed by atoms with E-state index >= 15 is 0 Å². The van der Waals surface area contributed by atoms with Crippen molar-refractivity contribution in [2.75, 3.05) is 11.9 Å². The Labute approximate surface area is 176 Å². The number of amides is 1.